The van der Waals surface area contributed by atoms with E-state index in [0.29, 0.717) is 0 Å². The highest BCUT2D eigenvalue weighted by atomic mass is 16.4. The third-order valence-corrected chi connectivity index (χ3v) is 2.03. The maximum atomic E-state index is 10.5. The molecule has 0 spiro atoms. The number of benzene rings is 1. The lowest BCUT2D eigenvalue weighted by atomic mass is 10.0. The third-order valence-electron chi connectivity index (χ3n) is 2.03. The van der Waals surface area contributed by atoms with Gasteiger partial charge in [-0.15, -0.1) is 0 Å². The third kappa shape index (κ3) is 1.62. The van der Waals surface area contributed by atoms with E-state index in [1.807, 2.05) is 0 Å². The first-order valence-corrected chi connectivity index (χ1v) is 3.95. The predicted octanol–water partition coefficient (Wildman–Crippen LogP) is 0.491. The van der Waals surface area contributed by atoms with Crippen LogP contribution in [0.3, 0.4) is 0 Å². The van der Waals surface area contributed by atoms with Crippen LogP contribution in [0.2, 0.25) is 0 Å². The Balaban J connectivity index is 3.24. The van der Waals surface area contributed by atoms with Crippen LogP contribution in [0.15, 0.2) is 12.1 Å². The highest BCUT2D eigenvalue weighted by Crippen LogP contribution is 2.32. The molecule has 0 bridgehead atoms. The fourth-order valence-electron chi connectivity index (χ4n) is 1.09. The zero-order valence-electron chi connectivity index (χ0n) is 7.56. The summed E-state index contributed by atoms with van der Waals surface area (Å²) in [4.78, 5) is 10.5. The molecule has 1 unspecified atom stereocenters. The lowest BCUT2D eigenvalue weighted by Crippen LogP contribution is -2.20. The minimum atomic E-state index is -1.28. The minimum Gasteiger partial charge on any atom is -0.508 e. The van der Waals surface area contributed by atoms with Crippen molar-refractivity contribution < 1.29 is 20.1 Å². The first kappa shape index (κ1) is 10.3. The van der Waals surface area contributed by atoms with Gasteiger partial charge in [-0.05, 0) is 19.1 Å². The Kier molecular flexibility index (Phi) is 2.62. The van der Waals surface area contributed by atoms with Gasteiger partial charge in [0, 0.05) is 11.1 Å². The van der Waals surface area contributed by atoms with Crippen LogP contribution in [0, 0.1) is 6.92 Å². The van der Waals surface area contributed by atoms with Crippen LogP contribution in [0.25, 0.3) is 0 Å². The molecule has 76 valence electrons. The molecule has 14 heavy (non-hydrogen) atoms. The maximum Gasteiger partial charge on any atom is 0.325 e. The molecule has 0 aliphatic rings. The Labute approximate surface area is 80.4 Å². The van der Waals surface area contributed by atoms with Gasteiger partial charge in [-0.1, -0.05) is 0 Å². The molecule has 1 aromatic carbocycles. The molecule has 0 aliphatic heterocycles. The van der Waals surface area contributed by atoms with E-state index < -0.39 is 12.0 Å². The number of hydrogen-bond acceptors (Lipinski definition) is 4. The number of carbonyl (C=O) groups is 1. The molecule has 1 rings (SSSR count). The molecule has 0 aliphatic carbocycles. The standard InChI is InChI=1S/C9H11NO4/c1-4-6(11)3-2-5(8(4)12)7(10)9(13)14/h2-3,7,11-12H,10H2,1H3,(H,13,14). The van der Waals surface area contributed by atoms with Crippen LogP contribution < -0.4 is 5.73 Å². The van der Waals surface area contributed by atoms with Crippen molar-refractivity contribution in [3.63, 3.8) is 0 Å². The summed E-state index contributed by atoms with van der Waals surface area (Å²) in [5.74, 6) is -1.60. The molecule has 0 aromatic heterocycles. The van der Waals surface area contributed by atoms with Gasteiger partial charge in [-0.25, -0.2) is 0 Å². The number of hydrogen-bond donors (Lipinski definition) is 4. The van der Waals surface area contributed by atoms with Gasteiger partial charge in [0.05, 0.1) is 0 Å². The van der Waals surface area contributed by atoms with Crippen molar-refractivity contribution in [2.45, 2.75) is 13.0 Å². The number of phenols is 2. The fraction of sp³-hybridized carbons (Fsp3) is 0.222. The van der Waals surface area contributed by atoms with Gasteiger partial charge in [0.2, 0.25) is 0 Å². The molecule has 0 fully saturated rings. The van der Waals surface area contributed by atoms with E-state index in [-0.39, 0.29) is 22.6 Å². The number of aromatic hydroxyl groups is 2. The molecular weight excluding hydrogens is 186 g/mol. The van der Waals surface area contributed by atoms with Crippen molar-refractivity contribution in [2.24, 2.45) is 5.73 Å². The van der Waals surface area contributed by atoms with Gasteiger partial charge in [-0.2, -0.15) is 0 Å². The van der Waals surface area contributed by atoms with Crippen molar-refractivity contribution >= 4 is 5.97 Å². The molecule has 5 heteroatoms. The second-order valence-corrected chi connectivity index (χ2v) is 2.96. The number of aliphatic carboxylic acids is 1. The van der Waals surface area contributed by atoms with Crippen LogP contribution in [0.5, 0.6) is 11.5 Å². The first-order chi connectivity index (χ1) is 6.45. The highest BCUT2D eigenvalue weighted by Gasteiger charge is 2.20. The van der Waals surface area contributed by atoms with Crippen LogP contribution in [-0.2, 0) is 4.79 Å². The zero-order valence-corrected chi connectivity index (χ0v) is 7.56. The average molecular weight is 197 g/mol. The summed E-state index contributed by atoms with van der Waals surface area (Å²) < 4.78 is 0. The van der Waals surface area contributed by atoms with E-state index in [1.165, 1.54) is 19.1 Å². The van der Waals surface area contributed by atoms with E-state index in [1.54, 1.807) is 0 Å². The molecule has 0 radical (unpaired) electrons. The summed E-state index contributed by atoms with van der Waals surface area (Å²) in [6, 6.07) is 1.30. The summed E-state index contributed by atoms with van der Waals surface area (Å²) in [5, 5.41) is 27.3. The number of nitrogens with two attached hydrogens (primary N) is 1. The average Bonchev–Trinajstić information content (AvgIpc) is 2.13. The van der Waals surface area contributed by atoms with Crippen LogP contribution in [-0.4, -0.2) is 21.3 Å². The molecule has 1 atom stereocenters. The molecule has 0 saturated carbocycles. The number of phenolic OH excluding ortho intramolecular Hbond substituents is 2. The van der Waals surface area contributed by atoms with Crippen molar-refractivity contribution in [1.29, 1.82) is 0 Å². The summed E-state index contributed by atoms with van der Waals surface area (Å²) in [6.45, 7) is 1.47. The minimum absolute atomic E-state index is 0.0906. The molecule has 1 aromatic rings. The van der Waals surface area contributed by atoms with E-state index in [0.717, 1.165) is 0 Å². The Bertz CT molecular complexity index is 375. The lowest BCUT2D eigenvalue weighted by molar-refractivity contribution is -0.138. The Morgan fingerprint density at radius 1 is 1.43 bits per heavy atom. The van der Waals surface area contributed by atoms with Crippen LogP contribution in [0.1, 0.15) is 17.2 Å². The number of rotatable bonds is 2. The van der Waals surface area contributed by atoms with Crippen molar-refractivity contribution in [1.82, 2.24) is 0 Å². The Hall–Kier alpha value is -1.75. The van der Waals surface area contributed by atoms with E-state index in [2.05, 4.69) is 0 Å². The molecule has 5 N–H and O–H groups in total. The van der Waals surface area contributed by atoms with Gasteiger partial charge in [0.1, 0.15) is 17.5 Å². The SMILES string of the molecule is Cc1c(O)ccc(C(N)C(=O)O)c1O. The molecular formula is C9H11NO4. The maximum absolute atomic E-state index is 10.5. The van der Waals surface area contributed by atoms with Crippen molar-refractivity contribution in [3.8, 4) is 11.5 Å². The molecule has 0 heterocycles. The van der Waals surface area contributed by atoms with Crippen LogP contribution in [0.4, 0.5) is 0 Å². The monoisotopic (exact) mass is 197 g/mol. The predicted molar refractivity (Wildman–Crippen MR) is 49.1 cm³/mol. The number of carboxylic acids is 1. The zero-order chi connectivity index (χ0) is 10.9. The summed E-state index contributed by atoms with van der Waals surface area (Å²) in [5.41, 5.74) is 5.63. The van der Waals surface area contributed by atoms with E-state index in [9.17, 15) is 15.0 Å². The summed E-state index contributed by atoms with van der Waals surface area (Å²) in [7, 11) is 0. The van der Waals surface area contributed by atoms with Gasteiger partial charge in [0.25, 0.3) is 0 Å². The van der Waals surface area contributed by atoms with Gasteiger partial charge < -0.3 is 21.1 Å². The van der Waals surface area contributed by atoms with Crippen molar-refractivity contribution in [2.75, 3.05) is 0 Å². The second-order valence-electron chi connectivity index (χ2n) is 2.96. The van der Waals surface area contributed by atoms with E-state index in [4.69, 9.17) is 10.8 Å². The second kappa shape index (κ2) is 3.55. The van der Waals surface area contributed by atoms with Gasteiger partial charge >= 0.3 is 5.97 Å². The summed E-state index contributed by atoms with van der Waals surface area (Å²) >= 11 is 0. The number of carboxylic acid groups (broad SMARTS) is 1. The van der Waals surface area contributed by atoms with Crippen LogP contribution >= 0.6 is 0 Å². The largest absolute Gasteiger partial charge is 0.508 e. The molecule has 5 nitrogen and oxygen atoms in total. The van der Waals surface area contributed by atoms with Crippen molar-refractivity contribution in [3.05, 3.63) is 23.3 Å². The quantitative estimate of drug-likeness (QED) is 0.552. The fourth-order valence-corrected chi connectivity index (χ4v) is 1.09. The highest BCUT2D eigenvalue weighted by molar-refractivity contribution is 5.76. The lowest BCUT2D eigenvalue weighted by Gasteiger charge is -2.11. The van der Waals surface area contributed by atoms with Gasteiger partial charge in [0.15, 0.2) is 0 Å². The topological polar surface area (TPSA) is 104 Å². The molecule has 0 amide bonds. The Morgan fingerprint density at radius 2 is 2.00 bits per heavy atom. The smallest absolute Gasteiger partial charge is 0.325 e. The normalized spacial score (nSPS) is 12.4. The van der Waals surface area contributed by atoms with Gasteiger partial charge in [-0.3, -0.25) is 4.79 Å². The summed E-state index contributed by atoms with van der Waals surface area (Å²) in [6.07, 6.45) is 0. The van der Waals surface area contributed by atoms with E-state index >= 15 is 0 Å². The first-order valence-electron chi connectivity index (χ1n) is 3.95. The Morgan fingerprint density at radius 3 is 2.50 bits per heavy atom. The molecule has 0 saturated heterocycles.